The van der Waals surface area contributed by atoms with E-state index in [2.05, 4.69) is 80.8 Å². The summed E-state index contributed by atoms with van der Waals surface area (Å²) in [4.78, 5) is 4.75. The van der Waals surface area contributed by atoms with E-state index in [-0.39, 0.29) is 6.10 Å². The molecule has 2 aromatic heterocycles. The Bertz CT molecular complexity index is 1430. The predicted molar refractivity (Wildman–Crippen MR) is 172 cm³/mol. The number of thioether (sulfide) groups is 1. The molecule has 0 atom stereocenters. The highest BCUT2D eigenvalue weighted by Gasteiger charge is 2.22. The average Bonchev–Trinajstić information content (AvgIpc) is 3.61. The topological polar surface area (TPSA) is 26.5 Å². The second-order valence-corrected chi connectivity index (χ2v) is 12.3. The van der Waals surface area contributed by atoms with Crippen molar-refractivity contribution in [2.24, 2.45) is 12.0 Å². The van der Waals surface area contributed by atoms with Crippen LogP contribution in [0.5, 0.6) is 5.75 Å². The van der Waals surface area contributed by atoms with Gasteiger partial charge in [0.1, 0.15) is 10.6 Å². The van der Waals surface area contributed by atoms with Crippen LogP contribution in [0.3, 0.4) is 0 Å². The van der Waals surface area contributed by atoms with E-state index in [1.54, 1.807) is 11.3 Å². The molecule has 8 heteroatoms. The SMILES string of the molecule is CCCCC(CCCC)Oc1cc(C)c(\C(=C(C)/C=C2/C=CS/C2=N\B(F)F)c2cc3ccsc3n2C)c(C)c1. The summed E-state index contributed by atoms with van der Waals surface area (Å²) >= 11 is 2.95. The number of thiophene rings is 1. The number of hydrogen-bond acceptors (Lipinski definition) is 4. The lowest BCUT2D eigenvalue weighted by atomic mass is 9.89. The molecule has 1 aliphatic rings. The third-order valence-electron chi connectivity index (χ3n) is 7.36. The van der Waals surface area contributed by atoms with E-state index in [1.165, 1.54) is 34.8 Å². The summed E-state index contributed by atoms with van der Waals surface area (Å²) in [7, 11) is -0.637. The Morgan fingerprint density at radius 1 is 1.10 bits per heavy atom. The lowest BCUT2D eigenvalue weighted by Crippen LogP contribution is -2.17. The van der Waals surface area contributed by atoms with Gasteiger partial charge in [-0.15, -0.1) is 11.3 Å². The fourth-order valence-electron chi connectivity index (χ4n) is 5.44. The molecule has 0 unspecified atom stereocenters. The molecule has 0 bridgehead atoms. The first-order chi connectivity index (χ1) is 19.2. The van der Waals surface area contributed by atoms with E-state index in [0.29, 0.717) is 10.6 Å². The third-order valence-corrected chi connectivity index (χ3v) is 9.20. The number of rotatable bonds is 12. The van der Waals surface area contributed by atoms with Gasteiger partial charge in [-0.1, -0.05) is 51.3 Å². The van der Waals surface area contributed by atoms with Gasteiger partial charge in [-0.3, -0.25) is 13.5 Å². The first-order valence-electron chi connectivity index (χ1n) is 14.2. The first kappa shape index (κ1) is 30.4. The maximum absolute atomic E-state index is 13.1. The molecule has 0 aliphatic carbocycles. The standard InChI is InChI=1S/C32H39BF2N2OS2/c1-7-9-11-26(12-10-8-2)38-27-18-22(4)29(23(5)19-27)30(28-20-25-14-16-40-32(25)37(28)6)21(3)17-24-13-15-39-31(24)36-33(34)35/h13-20,26H,7-12H2,1-6H3/b24-17-,30-21-,36-31-. The molecule has 0 N–H and O–H groups in total. The summed E-state index contributed by atoms with van der Waals surface area (Å²) in [6.45, 7) is 10.8. The maximum atomic E-state index is 13.1. The molecule has 3 nitrogen and oxygen atoms in total. The van der Waals surface area contributed by atoms with Crippen molar-refractivity contribution in [3.8, 4) is 5.75 Å². The number of fused-ring (bicyclic) bond motifs is 1. The number of unbranched alkanes of at least 4 members (excludes halogenated alkanes) is 2. The highest BCUT2D eigenvalue weighted by Crippen LogP contribution is 2.39. The van der Waals surface area contributed by atoms with Crippen molar-refractivity contribution >= 4 is 51.3 Å². The van der Waals surface area contributed by atoms with Crippen molar-refractivity contribution < 1.29 is 13.4 Å². The van der Waals surface area contributed by atoms with Gasteiger partial charge in [0.15, 0.2) is 0 Å². The number of halogens is 2. The quantitative estimate of drug-likeness (QED) is 0.199. The van der Waals surface area contributed by atoms with Crippen molar-refractivity contribution in [3.63, 3.8) is 0 Å². The number of nitrogens with zero attached hydrogens (tertiary/aromatic N) is 2. The minimum absolute atomic E-state index is 0.227. The second kappa shape index (κ2) is 13.9. The minimum Gasteiger partial charge on any atom is -0.490 e. The molecular formula is C32H39BF2N2OS2. The number of aryl methyl sites for hydroxylation is 3. The van der Waals surface area contributed by atoms with Crippen molar-refractivity contribution in [2.45, 2.75) is 79.2 Å². The van der Waals surface area contributed by atoms with Crippen molar-refractivity contribution in [2.75, 3.05) is 0 Å². The molecule has 40 heavy (non-hydrogen) atoms. The lowest BCUT2D eigenvalue weighted by molar-refractivity contribution is 0.174. The fourth-order valence-corrected chi connectivity index (χ4v) is 7.05. The van der Waals surface area contributed by atoms with E-state index in [9.17, 15) is 8.63 Å². The number of aromatic nitrogens is 1. The Kier molecular flexibility index (Phi) is 10.5. The van der Waals surface area contributed by atoms with Crippen molar-refractivity contribution in [1.82, 2.24) is 4.57 Å². The second-order valence-electron chi connectivity index (χ2n) is 10.5. The number of hydrogen-bond donors (Lipinski definition) is 0. The van der Waals surface area contributed by atoms with Gasteiger partial charge in [-0.2, -0.15) is 0 Å². The number of ether oxygens (including phenoxy) is 1. The van der Waals surface area contributed by atoms with E-state index < -0.39 is 7.40 Å². The summed E-state index contributed by atoms with van der Waals surface area (Å²) in [5, 5.41) is 5.47. The zero-order valence-corrected chi connectivity index (χ0v) is 26.0. The van der Waals surface area contributed by atoms with Gasteiger partial charge in [0, 0.05) is 23.6 Å². The van der Waals surface area contributed by atoms with Crippen LogP contribution < -0.4 is 4.74 Å². The van der Waals surface area contributed by atoms with Crippen LogP contribution in [0.15, 0.2) is 63.3 Å². The Balaban J connectivity index is 1.83. The molecule has 4 rings (SSSR count). The molecule has 0 radical (unpaired) electrons. The zero-order valence-electron chi connectivity index (χ0n) is 24.4. The van der Waals surface area contributed by atoms with Crippen LogP contribution in [0.2, 0.25) is 0 Å². The van der Waals surface area contributed by atoms with Gasteiger partial charge < -0.3 is 9.30 Å². The molecular weight excluding hydrogens is 541 g/mol. The van der Waals surface area contributed by atoms with E-state index in [0.717, 1.165) is 65.0 Å². The highest BCUT2D eigenvalue weighted by molar-refractivity contribution is 8.17. The van der Waals surface area contributed by atoms with Crippen molar-refractivity contribution in [3.05, 3.63) is 80.7 Å². The van der Waals surface area contributed by atoms with E-state index in [1.807, 2.05) is 17.6 Å². The van der Waals surface area contributed by atoms with Gasteiger partial charge in [-0.05, 0) is 103 Å². The number of benzene rings is 1. The molecule has 0 saturated carbocycles. The maximum Gasteiger partial charge on any atom is 0.693 e. The summed E-state index contributed by atoms with van der Waals surface area (Å²) < 4.78 is 35.0. The molecule has 0 amide bonds. The molecule has 3 heterocycles. The van der Waals surface area contributed by atoms with E-state index in [4.69, 9.17) is 4.74 Å². The van der Waals surface area contributed by atoms with Gasteiger partial charge in [-0.25, -0.2) is 0 Å². The highest BCUT2D eigenvalue weighted by atomic mass is 32.2. The zero-order chi connectivity index (χ0) is 28.8. The largest absolute Gasteiger partial charge is 0.693 e. The minimum atomic E-state index is -2.73. The monoisotopic (exact) mass is 580 g/mol. The van der Waals surface area contributed by atoms with Crippen LogP contribution in [0.1, 0.15) is 81.7 Å². The summed E-state index contributed by atoms with van der Waals surface area (Å²) in [6, 6.07) is 8.69. The number of allylic oxidation sites excluding steroid dienone is 3. The summed E-state index contributed by atoms with van der Waals surface area (Å²) in [5.74, 6) is 0.917. The summed E-state index contributed by atoms with van der Waals surface area (Å²) in [6.07, 6.45) is 10.9. The fraction of sp³-hybridized carbons (Fsp3) is 0.406. The van der Waals surface area contributed by atoms with Crippen LogP contribution in [0.4, 0.5) is 8.63 Å². The van der Waals surface area contributed by atoms with Crippen LogP contribution in [0.25, 0.3) is 15.8 Å². The molecule has 3 aromatic rings. The van der Waals surface area contributed by atoms with Gasteiger partial charge in [0.25, 0.3) is 0 Å². The van der Waals surface area contributed by atoms with Crippen LogP contribution >= 0.6 is 23.1 Å². The van der Waals surface area contributed by atoms with E-state index >= 15 is 0 Å². The van der Waals surface area contributed by atoms with Gasteiger partial charge in [0.2, 0.25) is 0 Å². The molecule has 1 aliphatic heterocycles. The van der Waals surface area contributed by atoms with Crippen molar-refractivity contribution in [1.29, 1.82) is 0 Å². The molecule has 1 aromatic carbocycles. The molecule has 0 fully saturated rings. The molecule has 0 saturated heterocycles. The molecule has 212 valence electrons. The Hall–Kier alpha value is -2.58. The predicted octanol–water partition coefficient (Wildman–Crippen LogP) is 10.3. The Morgan fingerprint density at radius 3 is 2.38 bits per heavy atom. The Labute approximate surface area is 246 Å². The average molecular weight is 581 g/mol. The summed E-state index contributed by atoms with van der Waals surface area (Å²) in [5.41, 5.74) is 7.32. The lowest BCUT2D eigenvalue weighted by Gasteiger charge is -2.22. The van der Waals surface area contributed by atoms with Gasteiger partial charge >= 0.3 is 7.40 Å². The third kappa shape index (κ3) is 7.00. The van der Waals surface area contributed by atoms with Crippen LogP contribution in [-0.2, 0) is 7.05 Å². The normalized spacial score (nSPS) is 16.1. The Morgan fingerprint density at radius 2 is 1.77 bits per heavy atom. The van der Waals surface area contributed by atoms with Crippen LogP contribution in [0, 0.1) is 13.8 Å². The van der Waals surface area contributed by atoms with Crippen LogP contribution in [-0.4, -0.2) is 23.1 Å². The molecule has 0 spiro atoms. The van der Waals surface area contributed by atoms with Gasteiger partial charge in [0.05, 0.1) is 16.8 Å². The first-order valence-corrected chi connectivity index (χ1v) is 15.9. The smallest absolute Gasteiger partial charge is 0.490 e.